The summed E-state index contributed by atoms with van der Waals surface area (Å²) >= 11 is 0. The van der Waals surface area contributed by atoms with Crippen molar-refractivity contribution >= 4 is 44.3 Å². The predicted octanol–water partition coefficient (Wildman–Crippen LogP) is 7.81. The standard InChI is InChI=1S/C34H24O2/c1-21-17-25(19-31(33(21)35)29-15-7-11-23-9-3-5-13-27(23)29)26-18-22(2)34(36)32(20-26)30-16-8-12-24-10-4-6-14-28(24)30/h3-20H,1-2H3/b26-25-. The van der Waals surface area contributed by atoms with Gasteiger partial charge in [-0.05, 0) is 93.1 Å². The Balaban J connectivity index is 1.57. The van der Waals surface area contributed by atoms with Crippen molar-refractivity contribution in [2.24, 2.45) is 0 Å². The summed E-state index contributed by atoms with van der Waals surface area (Å²) in [6.07, 6.45) is 7.82. The Labute approximate surface area is 210 Å². The predicted molar refractivity (Wildman–Crippen MR) is 148 cm³/mol. The third-order valence-electron chi connectivity index (χ3n) is 7.04. The maximum Gasteiger partial charge on any atom is 0.189 e. The molecule has 2 heteroatoms. The van der Waals surface area contributed by atoms with Gasteiger partial charge in [-0.2, -0.15) is 0 Å². The van der Waals surface area contributed by atoms with E-state index in [1.807, 2.05) is 86.7 Å². The summed E-state index contributed by atoms with van der Waals surface area (Å²) < 4.78 is 0. The van der Waals surface area contributed by atoms with Gasteiger partial charge in [-0.25, -0.2) is 0 Å². The van der Waals surface area contributed by atoms with Crippen molar-refractivity contribution in [1.29, 1.82) is 0 Å². The Morgan fingerprint density at radius 3 is 1.28 bits per heavy atom. The second-order valence-corrected chi connectivity index (χ2v) is 9.39. The van der Waals surface area contributed by atoms with Crippen LogP contribution in [0.3, 0.4) is 0 Å². The Bertz CT molecular complexity index is 1630. The molecule has 0 unspecified atom stereocenters. The first-order valence-electron chi connectivity index (χ1n) is 12.1. The van der Waals surface area contributed by atoms with Crippen molar-refractivity contribution in [2.45, 2.75) is 13.8 Å². The van der Waals surface area contributed by atoms with E-state index < -0.39 is 0 Å². The quantitative estimate of drug-likeness (QED) is 0.303. The minimum absolute atomic E-state index is 0.0292. The summed E-state index contributed by atoms with van der Waals surface area (Å²) in [4.78, 5) is 26.6. The number of benzene rings is 4. The molecule has 6 rings (SSSR count). The van der Waals surface area contributed by atoms with Gasteiger partial charge in [0.1, 0.15) is 0 Å². The molecule has 172 valence electrons. The molecule has 2 aliphatic carbocycles. The number of hydrogen-bond acceptors (Lipinski definition) is 2. The number of hydrogen-bond donors (Lipinski definition) is 0. The molecule has 36 heavy (non-hydrogen) atoms. The van der Waals surface area contributed by atoms with E-state index in [1.54, 1.807) is 0 Å². The Hall–Kier alpha value is -4.56. The van der Waals surface area contributed by atoms with E-state index >= 15 is 0 Å². The molecule has 0 bridgehead atoms. The molecule has 0 amide bonds. The molecule has 0 atom stereocenters. The Kier molecular flexibility index (Phi) is 5.23. The van der Waals surface area contributed by atoms with Crippen LogP contribution in [0.1, 0.15) is 25.0 Å². The van der Waals surface area contributed by atoms with Crippen LogP contribution in [0.25, 0.3) is 32.7 Å². The number of Topliss-reactive ketones (excluding diaryl/α,β-unsaturated/α-hetero) is 2. The normalized spacial score (nSPS) is 18.2. The average molecular weight is 465 g/mol. The van der Waals surface area contributed by atoms with Crippen LogP contribution in [0.2, 0.25) is 0 Å². The first-order valence-corrected chi connectivity index (χ1v) is 12.1. The van der Waals surface area contributed by atoms with Crippen LogP contribution in [0, 0.1) is 0 Å². The van der Waals surface area contributed by atoms with Gasteiger partial charge in [0, 0.05) is 11.1 Å². The molecular formula is C34H24O2. The van der Waals surface area contributed by atoms with E-state index in [0.717, 1.165) is 43.8 Å². The molecule has 2 aliphatic rings. The highest BCUT2D eigenvalue weighted by Gasteiger charge is 2.24. The average Bonchev–Trinajstić information content (AvgIpc) is 2.91. The number of carbonyl (C=O) groups excluding carboxylic acids is 2. The summed E-state index contributed by atoms with van der Waals surface area (Å²) in [7, 11) is 0. The van der Waals surface area contributed by atoms with Crippen molar-refractivity contribution in [1.82, 2.24) is 0 Å². The summed E-state index contributed by atoms with van der Waals surface area (Å²) in [5.41, 5.74) is 6.44. The van der Waals surface area contributed by atoms with Gasteiger partial charge in [-0.1, -0.05) is 84.9 Å². The third-order valence-corrected chi connectivity index (χ3v) is 7.04. The van der Waals surface area contributed by atoms with Gasteiger partial charge < -0.3 is 0 Å². The summed E-state index contributed by atoms with van der Waals surface area (Å²) in [5, 5.41) is 4.30. The van der Waals surface area contributed by atoms with E-state index in [0.29, 0.717) is 22.3 Å². The molecule has 0 N–H and O–H groups in total. The van der Waals surface area contributed by atoms with E-state index in [4.69, 9.17) is 0 Å². The highest BCUT2D eigenvalue weighted by molar-refractivity contribution is 6.33. The van der Waals surface area contributed by atoms with Crippen molar-refractivity contribution < 1.29 is 9.59 Å². The zero-order valence-electron chi connectivity index (χ0n) is 20.2. The first kappa shape index (κ1) is 21.9. The summed E-state index contributed by atoms with van der Waals surface area (Å²) in [6.45, 7) is 3.72. The van der Waals surface area contributed by atoms with E-state index in [2.05, 4.69) is 36.4 Å². The topological polar surface area (TPSA) is 34.1 Å². The van der Waals surface area contributed by atoms with Gasteiger partial charge in [0.2, 0.25) is 0 Å². The third kappa shape index (κ3) is 3.59. The van der Waals surface area contributed by atoms with Crippen molar-refractivity contribution in [3.63, 3.8) is 0 Å². The molecule has 0 saturated carbocycles. The van der Waals surface area contributed by atoms with Gasteiger partial charge in [0.15, 0.2) is 11.6 Å². The van der Waals surface area contributed by atoms with Gasteiger partial charge >= 0.3 is 0 Å². The maximum atomic E-state index is 13.3. The highest BCUT2D eigenvalue weighted by Crippen LogP contribution is 2.36. The highest BCUT2D eigenvalue weighted by atomic mass is 16.1. The molecule has 0 aliphatic heterocycles. The molecule has 0 heterocycles. The van der Waals surface area contributed by atoms with E-state index in [-0.39, 0.29) is 11.6 Å². The molecule has 2 nitrogen and oxygen atoms in total. The zero-order valence-corrected chi connectivity index (χ0v) is 20.2. The Morgan fingerprint density at radius 2 is 0.833 bits per heavy atom. The van der Waals surface area contributed by atoms with Crippen LogP contribution >= 0.6 is 0 Å². The van der Waals surface area contributed by atoms with Crippen LogP contribution in [-0.2, 0) is 9.59 Å². The van der Waals surface area contributed by atoms with Gasteiger partial charge in [-0.15, -0.1) is 0 Å². The Morgan fingerprint density at radius 1 is 0.444 bits per heavy atom. The fraction of sp³-hybridized carbons (Fsp3) is 0.0588. The second kappa shape index (κ2) is 8.58. The number of carbonyl (C=O) groups is 2. The maximum absolute atomic E-state index is 13.3. The van der Waals surface area contributed by atoms with Crippen LogP contribution in [0.15, 0.2) is 132 Å². The van der Waals surface area contributed by atoms with E-state index in [1.165, 1.54) is 0 Å². The number of fused-ring (bicyclic) bond motifs is 2. The number of allylic oxidation sites excluding steroid dienone is 10. The molecule has 0 saturated heterocycles. The molecule has 0 radical (unpaired) electrons. The van der Waals surface area contributed by atoms with Crippen LogP contribution in [0.4, 0.5) is 0 Å². The van der Waals surface area contributed by atoms with Crippen molar-refractivity contribution in [3.8, 4) is 0 Å². The summed E-state index contributed by atoms with van der Waals surface area (Å²) in [5.74, 6) is 0.0584. The van der Waals surface area contributed by atoms with Crippen LogP contribution < -0.4 is 0 Å². The zero-order chi connectivity index (χ0) is 24.8. The molecule has 4 aromatic rings. The van der Waals surface area contributed by atoms with Crippen molar-refractivity contribution in [2.75, 3.05) is 0 Å². The largest absolute Gasteiger partial charge is 0.289 e. The lowest BCUT2D eigenvalue weighted by atomic mass is 9.83. The lowest BCUT2D eigenvalue weighted by molar-refractivity contribution is -0.111. The minimum Gasteiger partial charge on any atom is -0.289 e. The van der Waals surface area contributed by atoms with Gasteiger partial charge in [0.05, 0.1) is 0 Å². The lowest BCUT2D eigenvalue weighted by Gasteiger charge is -2.20. The molecule has 0 aromatic heterocycles. The minimum atomic E-state index is 0.0292. The molecule has 0 spiro atoms. The number of ketones is 2. The molecular weight excluding hydrogens is 440 g/mol. The van der Waals surface area contributed by atoms with Crippen LogP contribution in [0.5, 0.6) is 0 Å². The van der Waals surface area contributed by atoms with Gasteiger partial charge in [-0.3, -0.25) is 9.59 Å². The first-order chi connectivity index (χ1) is 17.5. The summed E-state index contributed by atoms with van der Waals surface area (Å²) in [6, 6.07) is 28.4. The SMILES string of the molecule is CC1=C/C(=C2\C=C(C)C(=O)C(c3cccc4ccccc34)=C2)C=C(c2cccc3ccccc23)C1=O. The smallest absolute Gasteiger partial charge is 0.189 e. The molecule has 0 fully saturated rings. The van der Waals surface area contributed by atoms with Crippen LogP contribution in [-0.4, -0.2) is 11.6 Å². The molecule has 4 aromatic carbocycles. The van der Waals surface area contributed by atoms with Crippen molar-refractivity contribution in [3.05, 3.63) is 143 Å². The fourth-order valence-electron chi connectivity index (χ4n) is 5.20. The monoisotopic (exact) mass is 464 g/mol. The number of rotatable bonds is 2. The van der Waals surface area contributed by atoms with Gasteiger partial charge in [0.25, 0.3) is 0 Å². The van der Waals surface area contributed by atoms with E-state index in [9.17, 15) is 9.59 Å². The lowest BCUT2D eigenvalue weighted by Crippen LogP contribution is -2.12. The fourth-order valence-corrected chi connectivity index (χ4v) is 5.20. The second-order valence-electron chi connectivity index (χ2n) is 9.39.